The number of nitrogen functional groups attached to an aromatic ring is 1. The van der Waals surface area contributed by atoms with Crippen LogP contribution in [0.15, 0.2) is 18.2 Å². The fraction of sp³-hybridized carbons (Fsp3) is 0.538. The van der Waals surface area contributed by atoms with E-state index in [1.165, 1.54) is 12.0 Å². The second kappa shape index (κ2) is 4.74. The third-order valence-corrected chi connectivity index (χ3v) is 3.31. The van der Waals surface area contributed by atoms with Crippen LogP contribution in [0.25, 0.3) is 0 Å². The zero-order valence-electron chi connectivity index (χ0n) is 9.99. The maximum Gasteiger partial charge on any atom is 0.125 e. The molecule has 1 aliphatic rings. The number of ether oxygens (including phenoxy) is 1. The van der Waals surface area contributed by atoms with E-state index in [1.54, 1.807) is 7.11 Å². The summed E-state index contributed by atoms with van der Waals surface area (Å²) >= 11 is 0. The van der Waals surface area contributed by atoms with Gasteiger partial charge in [0.15, 0.2) is 0 Å². The van der Waals surface area contributed by atoms with Gasteiger partial charge in [0, 0.05) is 23.9 Å². The van der Waals surface area contributed by atoms with Gasteiger partial charge in [-0.1, -0.05) is 13.0 Å². The Morgan fingerprint density at radius 1 is 1.50 bits per heavy atom. The highest BCUT2D eigenvalue weighted by Crippen LogP contribution is 2.36. The molecule has 0 aliphatic heterocycles. The summed E-state index contributed by atoms with van der Waals surface area (Å²) in [4.78, 5) is 0. The van der Waals surface area contributed by atoms with Crippen molar-refractivity contribution in [1.29, 1.82) is 0 Å². The van der Waals surface area contributed by atoms with Crippen molar-refractivity contribution in [3.8, 4) is 5.75 Å². The minimum absolute atomic E-state index is 0.747. The lowest BCUT2D eigenvalue weighted by Crippen LogP contribution is -2.17. The first-order valence-electron chi connectivity index (χ1n) is 5.84. The molecule has 1 saturated carbocycles. The minimum atomic E-state index is 0.747. The quantitative estimate of drug-likeness (QED) is 0.746. The van der Waals surface area contributed by atoms with E-state index in [9.17, 15) is 0 Å². The summed E-state index contributed by atoms with van der Waals surface area (Å²) in [6.45, 7) is 4.26. The Bertz CT molecular complexity index is 365. The lowest BCUT2D eigenvalue weighted by Gasteiger charge is -2.10. The molecular formula is C13H20N2O. The molecule has 2 rings (SSSR count). The van der Waals surface area contributed by atoms with E-state index < -0.39 is 0 Å². The number of nitrogens with two attached hydrogens (primary N) is 1. The van der Waals surface area contributed by atoms with Crippen LogP contribution in [0.5, 0.6) is 5.75 Å². The van der Waals surface area contributed by atoms with Gasteiger partial charge < -0.3 is 15.8 Å². The van der Waals surface area contributed by atoms with E-state index in [0.29, 0.717) is 0 Å². The number of methoxy groups -OCH3 is 1. The van der Waals surface area contributed by atoms with Crippen LogP contribution < -0.4 is 15.8 Å². The van der Waals surface area contributed by atoms with E-state index in [1.807, 2.05) is 18.2 Å². The Hall–Kier alpha value is -1.22. The molecule has 0 aromatic heterocycles. The topological polar surface area (TPSA) is 47.3 Å². The molecule has 1 aromatic carbocycles. The SMILES string of the molecule is COc1cc(N)ccc1CNCC1CC1C. The number of benzene rings is 1. The number of anilines is 1. The van der Waals surface area contributed by atoms with E-state index in [2.05, 4.69) is 12.2 Å². The fourth-order valence-electron chi connectivity index (χ4n) is 1.98. The second-order valence-corrected chi connectivity index (χ2v) is 4.68. The van der Waals surface area contributed by atoms with Crippen molar-refractivity contribution in [2.24, 2.45) is 11.8 Å². The third-order valence-electron chi connectivity index (χ3n) is 3.31. The molecular weight excluding hydrogens is 200 g/mol. The molecule has 1 aliphatic carbocycles. The Balaban J connectivity index is 1.87. The van der Waals surface area contributed by atoms with Crippen LogP contribution in [-0.2, 0) is 6.54 Å². The van der Waals surface area contributed by atoms with Crippen LogP contribution >= 0.6 is 0 Å². The van der Waals surface area contributed by atoms with Crippen molar-refractivity contribution < 1.29 is 4.74 Å². The lowest BCUT2D eigenvalue weighted by atomic mass is 10.1. The maximum absolute atomic E-state index is 5.71. The summed E-state index contributed by atoms with van der Waals surface area (Å²) in [5.74, 6) is 2.65. The molecule has 3 nitrogen and oxygen atoms in total. The van der Waals surface area contributed by atoms with Gasteiger partial charge in [0.2, 0.25) is 0 Å². The molecule has 3 N–H and O–H groups in total. The lowest BCUT2D eigenvalue weighted by molar-refractivity contribution is 0.407. The van der Waals surface area contributed by atoms with Crippen LogP contribution in [-0.4, -0.2) is 13.7 Å². The molecule has 2 unspecified atom stereocenters. The van der Waals surface area contributed by atoms with Gasteiger partial charge in [-0.25, -0.2) is 0 Å². The van der Waals surface area contributed by atoms with Crippen molar-refractivity contribution >= 4 is 5.69 Å². The van der Waals surface area contributed by atoms with Gasteiger partial charge in [0.25, 0.3) is 0 Å². The molecule has 0 radical (unpaired) electrons. The Kier molecular flexibility index (Phi) is 3.34. The first kappa shape index (κ1) is 11.3. The summed E-state index contributed by atoms with van der Waals surface area (Å²) in [7, 11) is 1.68. The van der Waals surface area contributed by atoms with Crippen LogP contribution in [0.4, 0.5) is 5.69 Å². The minimum Gasteiger partial charge on any atom is -0.496 e. The fourth-order valence-corrected chi connectivity index (χ4v) is 1.98. The van der Waals surface area contributed by atoms with E-state index in [4.69, 9.17) is 10.5 Å². The third kappa shape index (κ3) is 2.67. The number of rotatable bonds is 5. The van der Waals surface area contributed by atoms with Crippen molar-refractivity contribution in [2.45, 2.75) is 19.9 Å². The zero-order chi connectivity index (χ0) is 11.5. The first-order chi connectivity index (χ1) is 7.70. The average molecular weight is 220 g/mol. The molecule has 0 spiro atoms. The Morgan fingerprint density at radius 3 is 2.88 bits per heavy atom. The smallest absolute Gasteiger partial charge is 0.125 e. The molecule has 3 heteroatoms. The highest BCUT2D eigenvalue weighted by Gasteiger charge is 2.31. The molecule has 0 amide bonds. The summed E-state index contributed by atoms with van der Waals surface area (Å²) in [5, 5.41) is 3.47. The van der Waals surface area contributed by atoms with Gasteiger partial charge in [-0.3, -0.25) is 0 Å². The van der Waals surface area contributed by atoms with Gasteiger partial charge in [0.05, 0.1) is 7.11 Å². The summed E-state index contributed by atoms with van der Waals surface area (Å²) in [6, 6.07) is 5.81. The molecule has 16 heavy (non-hydrogen) atoms. The van der Waals surface area contributed by atoms with E-state index in [-0.39, 0.29) is 0 Å². The summed E-state index contributed by atoms with van der Waals surface area (Å²) in [6.07, 6.45) is 1.37. The molecule has 0 heterocycles. The number of hydrogen-bond donors (Lipinski definition) is 2. The van der Waals surface area contributed by atoms with Crippen LogP contribution in [0.2, 0.25) is 0 Å². The summed E-state index contributed by atoms with van der Waals surface area (Å²) < 4.78 is 5.30. The van der Waals surface area contributed by atoms with Crippen molar-refractivity contribution in [3.05, 3.63) is 23.8 Å². The zero-order valence-corrected chi connectivity index (χ0v) is 9.99. The average Bonchev–Trinajstić information content (AvgIpc) is 2.97. The van der Waals surface area contributed by atoms with Gasteiger partial charge in [0.1, 0.15) is 5.75 Å². The highest BCUT2D eigenvalue weighted by molar-refractivity contribution is 5.48. The van der Waals surface area contributed by atoms with Gasteiger partial charge in [-0.15, -0.1) is 0 Å². The molecule has 1 fully saturated rings. The standard InChI is InChI=1S/C13H20N2O/c1-9-5-11(9)8-15-7-10-3-4-12(14)6-13(10)16-2/h3-4,6,9,11,15H,5,7-8,14H2,1-2H3. The predicted octanol–water partition coefficient (Wildman–Crippen LogP) is 2.02. The van der Waals surface area contributed by atoms with Crippen LogP contribution in [0, 0.1) is 11.8 Å². The Labute approximate surface area is 97.0 Å². The first-order valence-corrected chi connectivity index (χ1v) is 5.84. The van der Waals surface area contributed by atoms with Crippen molar-refractivity contribution in [1.82, 2.24) is 5.32 Å². The molecule has 1 aromatic rings. The largest absolute Gasteiger partial charge is 0.496 e. The van der Waals surface area contributed by atoms with Gasteiger partial charge in [-0.05, 0) is 30.9 Å². The maximum atomic E-state index is 5.71. The second-order valence-electron chi connectivity index (χ2n) is 4.68. The van der Waals surface area contributed by atoms with Gasteiger partial charge in [-0.2, -0.15) is 0 Å². The number of nitrogens with one attached hydrogen (secondary N) is 1. The molecule has 0 saturated heterocycles. The van der Waals surface area contributed by atoms with Gasteiger partial charge >= 0.3 is 0 Å². The molecule has 2 atom stereocenters. The predicted molar refractivity (Wildman–Crippen MR) is 66.4 cm³/mol. The van der Waals surface area contributed by atoms with Crippen LogP contribution in [0.1, 0.15) is 18.9 Å². The normalized spacial score (nSPS) is 23.1. The van der Waals surface area contributed by atoms with Crippen LogP contribution in [0.3, 0.4) is 0 Å². The Morgan fingerprint density at radius 2 is 2.25 bits per heavy atom. The van der Waals surface area contributed by atoms with E-state index >= 15 is 0 Å². The van der Waals surface area contributed by atoms with Crippen molar-refractivity contribution in [3.63, 3.8) is 0 Å². The monoisotopic (exact) mass is 220 g/mol. The number of hydrogen-bond acceptors (Lipinski definition) is 3. The molecule has 88 valence electrons. The van der Waals surface area contributed by atoms with Crippen molar-refractivity contribution in [2.75, 3.05) is 19.4 Å². The summed E-state index contributed by atoms with van der Waals surface area (Å²) in [5.41, 5.74) is 7.63. The highest BCUT2D eigenvalue weighted by atomic mass is 16.5. The molecule has 0 bridgehead atoms. The van der Waals surface area contributed by atoms with E-state index in [0.717, 1.165) is 36.4 Å².